The quantitative estimate of drug-likeness (QED) is 0.373. The van der Waals surface area contributed by atoms with Gasteiger partial charge in [0, 0.05) is 0 Å². The van der Waals surface area contributed by atoms with Crippen LogP contribution in [0.2, 0.25) is 13.3 Å². The van der Waals surface area contributed by atoms with Crippen LogP contribution >= 0.6 is 0 Å². The van der Waals surface area contributed by atoms with Gasteiger partial charge in [0.2, 0.25) is 0 Å². The summed E-state index contributed by atoms with van der Waals surface area (Å²) in [7, 11) is 0. The van der Waals surface area contributed by atoms with Crippen LogP contribution in [0, 0.1) is 0 Å². The zero-order valence-corrected chi connectivity index (χ0v) is 19.4. The molecule has 0 saturated heterocycles. The fourth-order valence-corrected chi connectivity index (χ4v) is 20.2. The van der Waals surface area contributed by atoms with E-state index in [4.69, 9.17) is 4.74 Å². The Balaban J connectivity index is 3.33. The molecule has 0 aromatic heterocycles. The van der Waals surface area contributed by atoms with Crippen molar-refractivity contribution in [2.24, 2.45) is 0 Å². The topological polar surface area (TPSA) is 43.4 Å². The van der Waals surface area contributed by atoms with Crippen LogP contribution in [-0.2, 0) is 0 Å². The van der Waals surface area contributed by atoms with Crippen molar-refractivity contribution < 1.29 is 4.74 Å². The molecule has 24 heavy (non-hydrogen) atoms. The number of rotatable bonds is 11. The van der Waals surface area contributed by atoms with Crippen molar-refractivity contribution in [2.45, 2.75) is 99.0 Å². The van der Waals surface area contributed by atoms with E-state index in [1.165, 1.54) is 32.6 Å². The molecular weight excluding hydrogens is 407 g/mol. The molecule has 0 fully saturated rings. The third-order valence-electron chi connectivity index (χ3n) is 4.83. The zero-order chi connectivity index (χ0) is 18.4. The summed E-state index contributed by atoms with van der Waals surface area (Å²) >= 11 is -2.87. The van der Waals surface area contributed by atoms with Gasteiger partial charge in [-0.15, -0.1) is 0 Å². The predicted molar refractivity (Wildman–Crippen MR) is 106 cm³/mol. The van der Waals surface area contributed by atoms with E-state index < -0.39 is 24.0 Å². The molecule has 0 spiro atoms. The van der Waals surface area contributed by atoms with Gasteiger partial charge in [0.1, 0.15) is 0 Å². The van der Waals surface area contributed by atoms with Crippen LogP contribution in [-0.4, -0.2) is 24.0 Å². The second-order valence-electron chi connectivity index (χ2n) is 8.17. The first kappa shape index (κ1) is 21.7. The van der Waals surface area contributed by atoms with E-state index in [1.54, 1.807) is 0 Å². The third-order valence-corrected chi connectivity index (χ3v) is 20.4. The van der Waals surface area contributed by atoms with E-state index in [9.17, 15) is 9.59 Å². The average Bonchev–Trinajstić information content (AvgIpc) is 2.53. The van der Waals surface area contributed by atoms with Crippen LogP contribution < -0.4 is 19.2 Å². The second-order valence-corrected chi connectivity index (χ2v) is 21.2. The Morgan fingerprint density at radius 3 is 1.54 bits per heavy atom. The molecule has 1 aromatic rings. The van der Waals surface area contributed by atoms with Crippen LogP contribution in [0.15, 0.2) is 9.59 Å². The first-order valence-electron chi connectivity index (χ1n) is 9.75. The molecule has 0 aliphatic carbocycles. The molecule has 0 bridgehead atoms. The predicted octanol–water partition coefficient (Wildman–Crippen LogP) is 4.52. The van der Waals surface area contributed by atoms with Crippen molar-refractivity contribution in [1.29, 1.82) is 0 Å². The average molecular weight is 443 g/mol. The van der Waals surface area contributed by atoms with E-state index >= 15 is 0 Å². The number of hydrogen-bond donors (Lipinski definition) is 0. The molecule has 0 heterocycles. The van der Waals surface area contributed by atoms with Crippen LogP contribution in [0.3, 0.4) is 0 Å². The van der Waals surface area contributed by atoms with Gasteiger partial charge >= 0.3 is 152 Å². The summed E-state index contributed by atoms with van der Waals surface area (Å²) in [6.45, 7) is 12.5. The first-order chi connectivity index (χ1) is 11.2. The van der Waals surface area contributed by atoms with Crippen molar-refractivity contribution in [1.82, 2.24) is 0 Å². The van der Waals surface area contributed by atoms with E-state index in [0.29, 0.717) is 5.75 Å². The number of ether oxygens (including phenoxy) is 1. The van der Waals surface area contributed by atoms with Crippen LogP contribution in [0.4, 0.5) is 0 Å². The Morgan fingerprint density at radius 1 is 0.792 bits per heavy atom. The number of hydrogen-bond acceptors (Lipinski definition) is 3. The van der Waals surface area contributed by atoms with Crippen LogP contribution in [0.5, 0.6) is 5.75 Å². The molecule has 0 radical (unpaired) electrons. The Labute approximate surface area is 151 Å². The molecule has 0 unspecified atom stereocenters. The molecule has 0 amide bonds. The fraction of sp³-hybridized carbons (Fsp3) is 0.800. The maximum absolute atomic E-state index is 12.6. The molecule has 138 valence electrons. The summed E-state index contributed by atoms with van der Waals surface area (Å²) in [4.78, 5) is 24.8. The molecule has 4 heteroatoms. The van der Waals surface area contributed by atoms with Gasteiger partial charge in [-0.05, 0) is 0 Å². The van der Waals surface area contributed by atoms with Gasteiger partial charge in [0.25, 0.3) is 0 Å². The van der Waals surface area contributed by atoms with Crippen molar-refractivity contribution in [2.75, 3.05) is 0 Å². The molecule has 1 rings (SSSR count). The van der Waals surface area contributed by atoms with Crippen molar-refractivity contribution in [3.05, 3.63) is 20.4 Å². The minimum absolute atomic E-state index is 0.201. The van der Waals surface area contributed by atoms with Gasteiger partial charge in [-0.2, -0.15) is 0 Å². The molecule has 0 N–H and O–H groups in total. The van der Waals surface area contributed by atoms with E-state index in [0.717, 1.165) is 22.8 Å². The third kappa shape index (κ3) is 5.34. The summed E-state index contributed by atoms with van der Waals surface area (Å²) < 4.78 is 10.5. The summed E-state index contributed by atoms with van der Waals surface area (Å²) in [6, 6.07) is 0. The summed E-state index contributed by atoms with van der Waals surface area (Å²) in [5, 5.41) is 0. The standard InChI is InChI=1S/C8H9O3.3C4H9.Sn/c1-8(2,3)11-6-4-5(9)7(6)10;3*1-3-4-2;/h1-3H3;3*1,3-4H2,2H3;. The van der Waals surface area contributed by atoms with Gasteiger partial charge < -0.3 is 0 Å². The molecule has 0 atom stereocenters. The van der Waals surface area contributed by atoms with Gasteiger partial charge in [-0.3, -0.25) is 0 Å². The monoisotopic (exact) mass is 444 g/mol. The first-order valence-corrected chi connectivity index (χ1v) is 17.2. The van der Waals surface area contributed by atoms with E-state index in [1.807, 2.05) is 20.8 Å². The molecule has 0 aliphatic rings. The Morgan fingerprint density at radius 2 is 1.21 bits per heavy atom. The maximum atomic E-state index is 12.6. The van der Waals surface area contributed by atoms with Crippen LogP contribution in [0.1, 0.15) is 80.1 Å². The summed E-state index contributed by atoms with van der Waals surface area (Å²) in [5.41, 5.74) is -0.992. The zero-order valence-electron chi connectivity index (χ0n) is 16.6. The van der Waals surface area contributed by atoms with Gasteiger partial charge in [-0.1, -0.05) is 0 Å². The molecular formula is C20H36O3Sn. The van der Waals surface area contributed by atoms with Gasteiger partial charge in [0.15, 0.2) is 0 Å². The summed E-state index contributed by atoms with van der Waals surface area (Å²) in [6.07, 6.45) is 7.00. The second kappa shape index (κ2) is 9.40. The van der Waals surface area contributed by atoms with E-state index in [2.05, 4.69) is 20.8 Å². The molecule has 1 aromatic carbocycles. The Hall–Kier alpha value is -0.321. The normalized spacial score (nSPS) is 12.8. The Kier molecular flexibility index (Phi) is 8.50. The van der Waals surface area contributed by atoms with Crippen LogP contribution in [0.25, 0.3) is 0 Å². The van der Waals surface area contributed by atoms with Crippen molar-refractivity contribution in [3.8, 4) is 5.75 Å². The molecule has 0 aliphatic heterocycles. The fourth-order valence-electron chi connectivity index (χ4n) is 3.55. The summed E-state index contributed by atoms with van der Waals surface area (Å²) in [5.74, 6) is 0.451. The van der Waals surface area contributed by atoms with Crippen molar-refractivity contribution >= 4 is 22.0 Å². The number of unbranched alkanes of at least 4 members (excludes halogenated alkanes) is 3. The minimum atomic E-state index is -2.87. The SMILES string of the molecule is CCC[CH2][Sn]([CH2]CCC)([CH2]CCC)[c]1c(OC(C)(C)C)c(=O)c1=O. The Bertz CT molecular complexity index is 555. The van der Waals surface area contributed by atoms with Gasteiger partial charge in [-0.25, -0.2) is 0 Å². The molecule has 3 nitrogen and oxygen atoms in total. The van der Waals surface area contributed by atoms with Crippen molar-refractivity contribution in [3.63, 3.8) is 0 Å². The van der Waals surface area contributed by atoms with E-state index in [-0.39, 0.29) is 10.9 Å². The van der Waals surface area contributed by atoms with Gasteiger partial charge in [0.05, 0.1) is 0 Å². The molecule has 0 saturated carbocycles.